The van der Waals surface area contributed by atoms with Gasteiger partial charge < -0.3 is 14.4 Å². The Balaban J connectivity index is 1.47. The van der Waals surface area contributed by atoms with Gasteiger partial charge in [0.2, 0.25) is 0 Å². The molecule has 0 bridgehead atoms. The Kier molecular flexibility index (Phi) is 5.12. The Hall–Kier alpha value is -3.35. The van der Waals surface area contributed by atoms with Crippen molar-refractivity contribution in [3.63, 3.8) is 0 Å². The van der Waals surface area contributed by atoms with E-state index in [4.69, 9.17) is 14.6 Å². The second kappa shape index (κ2) is 7.97. The van der Waals surface area contributed by atoms with Gasteiger partial charge in [0.1, 0.15) is 17.3 Å². The first-order valence-electron chi connectivity index (χ1n) is 10.9. The minimum Gasteiger partial charge on any atom is -0.497 e. The van der Waals surface area contributed by atoms with Crippen LogP contribution in [0.2, 0.25) is 0 Å². The van der Waals surface area contributed by atoms with Gasteiger partial charge in [-0.2, -0.15) is 5.10 Å². The smallest absolute Gasteiger partial charge is 0.254 e. The Morgan fingerprint density at radius 3 is 2.88 bits per heavy atom. The van der Waals surface area contributed by atoms with E-state index in [1.165, 1.54) is 19.2 Å². The summed E-state index contributed by atoms with van der Waals surface area (Å²) in [4.78, 5) is 15.2. The standard InChI is InChI=1S/C25H26FN3O3/c1-15-23-21(24(28(2)27-23)18-11-19(26)14-20(12-18)31-3)8-9-29(15)25(30)17-7-6-16-5-4-10-32-22(16)13-17/h6-7,11-15H,4-5,8-10H2,1-3H3/t15-/m0/s1. The molecule has 5 rings (SSSR count). The summed E-state index contributed by atoms with van der Waals surface area (Å²) in [6.07, 6.45) is 2.63. The highest BCUT2D eigenvalue weighted by Gasteiger charge is 2.33. The van der Waals surface area contributed by atoms with E-state index in [1.807, 2.05) is 43.1 Å². The molecule has 32 heavy (non-hydrogen) atoms. The van der Waals surface area contributed by atoms with Gasteiger partial charge >= 0.3 is 0 Å². The number of carbonyl (C=O) groups is 1. The van der Waals surface area contributed by atoms with Crippen LogP contribution >= 0.6 is 0 Å². The molecule has 2 aliphatic rings. The van der Waals surface area contributed by atoms with Crippen LogP contribution in [0.1, 0.15) is 46.6 Å². The third-order valence-corrected chi connectivity index (χ3v) is 6.45. The average molecular weight is 435 g/mol. The van der Waals surface area contributed by atoms with E-state index in [2.05, 4.69) is 0 Å². The highest BCUT2D eigenvalue weighted by molar-refractivity contribution is 5.95. The fourth-order valence-corrected chi connectivity index (χ4v) is 4.84. The van der Waals surface area contributed by atoms with E-state index >= 15 is 0 Å². The highest BCUT2D eigenvalue weighted by atomic mass is 19.1. The zero-order valence-electron chi connectivity index (χ0n) is 18.5. The number of hydrogen-bond donors (Lipinski definition) is 0. The fourth-order valence-electron chi connectivity index (χ4n) is 4.84. The molecule has 2 aromatic carbocycles. The van der Waals surface area contributed by atoms with Crippen LogP contribution in [-0.2, 0) is 19.9 Å². The SMILES string of the molecule is COc1cc(F)cc(-c2c3c(nn2C)[C@H](C)N(C(=O)c2ccc4c(c2)OCCC4)CC3)c1. The molecule has 7 heteroatoms. The van der Waals surface area contributed by atoms with Crippen molar-refractivity contribution in [3.05, 3.63) is 64.6 Å². The number of fused-ring (bicyclic) bond motifs is 2. The van der Waals surface area contributed by atoms with Crippen LogP contribution in [0.3, 0.4) is 0 Å². The molecule has 0 N–H and O–H groups in total. The molecule has 0 spiro atoms. The normalized spacial score (nSPS) is 17.4. The van der Waals surface area contributed by atoms with Crippen LogP contribution in [0, 0.1) is 5.82 Å². The first-order valence-corrected chi connectivity index (χ1v) is 10.9. The van der Waals surface area contributed by atoms with Gasteiger partial charge in [-0.1, -0.05) is 6.07 Å². The van der Waals surface area contributed by atoms with Crippen molar-refractivity contribution in [3.8, 4) is 22.8 Å². The number of carbonyl (C=O) groups excluding carboxylic acids is 1. The van der Waals surface area contributed by atoms with Crippen LogP contribution in [0.4, 0.5) is 4.39 Å². The second-order valence-electron chi connectivity index (χ2n) is 8.41. The van der Waals surface area contributed by atoms with E-state index in [-0.39, 0.29) is 17.8 Å². The predicted octanol–water partition coefficient (Wildman–Crippen LogP) is 4.32. The summed E-state index contributed by atoms with van der Waals surface area (Å²) in [5, 5.41) is 4.73. The molecule has 166 valence electrons. The van der Waals surface area contributed by atoms with Gasteiger partial charge in [-0.3, -0.25) is 9.48 Å². The lowest BCUT2D eigenvalue weighted by atomic mass is 9.94. The van der Waals surface area contributed by atoms with Gasteiger partial charge in [0.15, 0.2) is 0 Å². The number of amides is 1. The van der Waals surface area contributed by atoms with E-state index in [9.17, 15) is 9.18 Å². The zero-order chi connectivity index (χ0) is 22.4. The fraction of sp³-hybridized carbons (Fsp3) is 0.360. The van der Waals surface area contributed by atoms with Gasteiger partial charge in [0.25, 0.3) is 5.91 Å². The molecule has 2 aliphatic heterocycles. The molecule has 0 aliphatic carbocycles. The molecule has 1 amide bonds. The van der Waals surface area contributed by atoms with Crippen molar-refractivity contribution in [1.29, 1.82) is 0 Å². The zero-order valence-corrected chi connectivity index (χ0v) is 18.5. The predicted molar refractivity (Wildman–Crippen MR) is 119 cm³/mol. The summed E-state index contributed by atoms with van der Waals surface area (Å²) in [5.41, 5.74) is 5.26. The topological polar surface area (TPSA) is 56.6 Å². The van der Waals surface area contributed by atoms with E-state index < -0.39 is 0 Å². The van der Waals surface area contributed by atoms with Crippen molar-refractivity contribution >= 4 is 5.91 Å². The van der Waals surface area contributed by atoms with Crippen LogP contribution in [0.25, 0.3) is 11.3 Å². The minimum atomic E-state index is -0.357. The van der Waals surface area contributed by atoms with E-state index in [1.54, 1.807) is 4.68 Å². The van der Waals surface area contributed by atoms with Crippen LogP contribution in [0.5, 0.6) is 11.5 Å². The molecule has 3 heterocycles. The Bertz CT molecular complexity index is 1200. The summed E-state index contributed by atoms with van der Waals surface area (Å²) >= 11 is 0. The number of aryl methyl sites for hydroxylation is 2. The maximum absolute atomic E-state index is 14.1. The van der Waals surface area contributed by atoms with Crippen molar-refractivity contribution < 1.29 is 18.7 Å². The van der Waals surface area contributed by atoms with Crippen molar-refractivity contribution in [2.24, 2.45) is 7.05 Å². The maximum Gasteiger partial charge on any atom is 0.254 e. The lowest BCUT2D eigenvalue weighted by molar-refractivity contribution is 0.0673. The summed E-state index contributed by atoms with van der Waals surface area (Å²) in [5.74, 6) is 0.891. The van der Waals surface area contributed by atoms with Crippen LogP contribution in [-0.4, -0.2) is 40.8 Å². The molecule has 0 saturated heterocycles. The van der Waals surface area contributed by atoms with Crippen molar-refractivity contribution in [2.75, 3.05) is 20.3 Å². The number of aromatic nitrogens is 2. The van der Waals surface area contributed by atoms with Crippen molar-refractivity contribution in [1.82, 2.24) is 14.7 Å². The molecule has 1 aromatic heterocycles. The van der Waals surface area contributed by atoms with Crippen LogP contribution in [0.15, 0.2) is 36.4 Å². The number of ether oxygens (including phenoxy) is 2. The quantitative estimate of drug-likeness (QED) is 0.615. The molecule has 0 radical (unpaired) electrons. The number of benzene rings is 2. The first-order chi connectivity index (χ1) is 15.5. The van der Waals surface area contributed by atoms with Crippen molar-refractivity contribution in [2.45, 2.75) is 32.2 Å². The lowest BCUT2D eigenvalue weighted by Crippen LogP contribution is -2.39. The van der Waals surface area contributed by atoms with Gasteiger partial charge in [0, 0.05) is 36.3 Å². The average Bonchev–Trinajstić information content (AvgIpc) is 3.15. The second-order valence-corrected chi connectivity index (χ2v) is 8.41. The van der Waals surface area contributed by atoms with Gasteiger partial charge in [-0.25, -0.2) is 4.39 Å². The van der Waals surface area contributed by atoms with Gasteiger partial charge in [0.05, 0.1) is 31.1 Å². The lowest BCUT2D eigenvalue weighted by Gasteiger charge is -2.33. The first kappa shape index (κ1) is 20.5. The Labute approximate surface area is 186 Å². The summed E-state index contributed by atoms with van der Waals surface area (Å²) < 4.78 is 26.9. The summed E-state index contributed by atoms with van der Waals surface area (Å²) in [6.45, 7) is 3.25. The van der Waals surface area contributed by atoms with E-state index in [0.717, 1.165) is 46.7 Å². The Morgan fingerprint density at radius 2 is 2.06 bits per heavy atom. The third-order valence-electron chi connectivity index (χ3n) is 6.45. The molecule has 0 fully saturated rings. The molecule has 0 saturated carbocycles. The summed E-state index contributed by atoms with van der Waals surface area (Å²) in [7, 11) is 3.37. The molecule has 1 atom stereocenters. The molecule has 0 unspecified atom stereocenters. The number of hydrogen-bond acceptors (Lipinski definition) is 4. The van der Waals surface area contributed by atoms with Gasteiger partial charge in [-0.15, -0.1) is 0 Å². The third kappa shape index (κ3) is 3.42. The molecular weight excluding hydrogens is 409 g/mol. The largest absolute Gasteiger partial charge is 0.497 e. The molecule has 3 aromatic rings. The minimum absolute atomic E-state index is 0.0280. The van der Waals surface area contributed by atoms with Gasteiger partial charge in [-0.05, 0) is 56.0 Å². The van der Waals surface area contributed by atoms with E-state index in [0.29, 0.717) is 30.9 Å². The highest BCUT2D eigenvalue weighted by Crippen LogP contribution is 2.37. The number of nitrogens with zero attached hydrogens (tertiary/aromatic N) is 3. The summed E-state index contributed by atoms with van der Waals surface area (Å²) in [6, 6.07) is 10.2. The molecule has 6 nitrogen and oxygen atoms in total. The van der Waals surface area contributed by atoms with Crippen LogP contribution < -0.4 is 9.47 Å². The number of methoxy groups -OCH3 is 1. The Morgan fingerprint density at radius 1 is 1.22 bits per heavy atom. The maximum atomic E-state index is 14.1. The number of rotatable bonds is 3. The number of halogens is 1. The monoisotopic (exact) mass is 435 g/mol. The molecular formula is C25H26FN3O3.